The first kappa shape index (κ1) is 24.2. The Bertz CT molecular complexity index is 1140. The molecule has 1 saturated carbocycles. The van der Waals surface area contributed by atoms with Crippen LogP contribution in [0.2, 0.25) is 0 Å². The summed E-state index contributed by atoms with van der Waals surface area (Å²) in [5.41, 5.74) is 0.826. The van der Waals surface area contributed by atoms with E-state index in [1.807, 2.05) is 22.8 Å². The molecule has 0 spiro atoms. The van der Waals surface area contributed by atoms with E-state index in [0.717, 1.165) is 23.4 Å². The number of anilines is 1. The Kier molecular flexibility index (Phi) is 8.17. The van der Waals surface area contributed by atoms with Crippen molar-refractivity contribution in [2.24, 2.45) is 0 Å². The van der Waals surface area contributed by atoms with Crippen LogP contribution in [0.4, 0.5) is 5.13 Å². The quantitative estimate of drug-likeness (QED) is 0.313. The molecule has 2 aromatic heterocycles. The first-order valence-electron chi connectivity index (χ1n) is 11.2. The summed E-state index contributed by atoms with van der Waals surface area (Å²) in [5.74, 6) is 2.39. The van der Waals surface area contributed by atoms with E-state index < -0.39 is 0 Å². The molecule has 0 unspecified atom stereocenters. The highest BCUT2D eigenvalue weighted by molar-refractivity contribution is 7.99. The van der Waals surface area contributed by atoms with Gasteiger partial charge < -0.3 is 9.47 Å². The number of carbonyl (C=O) groups excluding carboxylic acids is 1. The van der Waals surface area contributed by atoms with Crippen LogP contribution in [0.15, 0.2) is 36.0 Å². The van der Waals surface area contributed by atoms with Crippen molar-refractivity contribution in [3.8, 4) is 22.9 Å². The summed E-state index contributed by atoms with van der Waals surface area (Å²) in [7, 11) is 3.18. The van der Waals surface area contributed by atoms with Crippen LogP contribution in [-0.2, 0) is 11.3 Å². The molecule has 0 aliphatic heterocycles. The van der Waals surface area contributed by atoms with Gasteiger partial charge in [0.05, 0.1) is 20.0 Å². The normalized spacial score (nSPS) is 14.1. The number of methoxy groups -OCH3 is 2. The number of carbonyl (C=O) groups is 1. The first-order chi connectivity index (χ1) is 16.6. The van der Waals surface area contributed by atoms with E-state index in [4.69, 9.17) is 9.47 Å². The maximum atomic E-state index is 12.6. The molecule has 3 aromatic rings. The van der Waals surface area contributed by atoms with Crippen LogP contribution in [0.25, 0.3) is 11.4 Å². The number of nitrogens with one attached hydrogen (secondary N) is 1. The highest BCUT2D eigenvalue weighted by Gasteiger charge is 2.21. The minimum absolute atomic E-state index is 0.155. The molecule has 9 nitrogen and oxygen atoms in total. The molecule has 0 saturated heterocycles. The van der Waals surface area contributed by atoms with Gasteiger partial charge in [0.1, 0.15) is 5.01 Å². The van der Waals surface area contributed by atoms with Gasteiger partial charge in [-0.3, -0.25) is 14.7 Å². The molecule has 0 bridgehead atoms. The van der Waals surface area contributed by atoms with Crippen molar-refractivity contribution < 1.29 is 14.3 Å². The largest absolute Gasteiger partial charge is 0.493 e. The molecule has 180 valence electrons. The molecular formula is C23H28N6O3S2. The van der Waals surface area contributed by atoms with Gasteiger partial charge in [0, 0.05) is 18.0 Å². The van der Waals surface area contributed by atoms with Crippen molar-refractivity contribution in [3.05, 3.63) is 35.9 Å². The second-order valence-electron chi connectivity index (χ2n) is 7.89. The molecule has 11 heteroatoms. The third kappa shape index (κ3) is 5.58. The summed E-state index contributed by atoms with van der Waals surface area (Å²) < 4.78 is 12.6. The van der Waals surface area contributed by atoms with Gasteiger partial charge in [-0.1, -0.05) is 48.4 Å². The number of nitrogens with zero attached hydrogens (tertiary/aromatic N) is 5. The second kappa shape index (κ2) is 11.5. The van der Waals surface area contributed by atoms with Gasteiger partial charge in [0.15, 0.2) is 22.5 Å². The van der Waals surface area contributed by atoms with E-state index in [1.165, 1.54) is 42.4 Å². The fourth-order valence-corrected chi connectivity index (χ4v) is 5.64. The van der Waals surface area contributed by atoms with Crippen molar-refractivity contribution in [1.82, 2.24) is 25.0 Å². The Balaban J connectivity index is 1.42. The predicted molar refractivity (Wildman–Crippen MR) is 134 cm³/mol. The lowest BCUT2D eigenvalue weighted by molar-refractivity contribution is -0.113. The maximum absolute atomic E-state index is 12.6. The van der Waals surface area contributed by atoms with Crippen molar-refractivity contribution in [2.75, 3.05) is 25.3 Å². The fourth-order valence-electron chi connectivity index (χ4n) is 3.96. The molecule has 1 N–H and O–H groups in total. The summed E-state index contributed by atoms with van der Waals surface area (Å²) in [6.45, 7) is 4.34. The summed E-state index contributed by atoms with van der Waals surface area (Å²) in [4.78, 5) is 12.6. The average Bonchev–Trinajstić information content (AvgIpc) is 3.50. The van der Waals surface area contributed by atoms with E-state index in [2.05, 4.69) is 32.3 Å². The number of ether oxygens (including phenoxy) is 2. The molecule has 4 rings (SSSR count). The number of benzene rings is 1. The standard InChI is InChI=1S/C23H28N6O3S2/c1-4-12-29-20(16-10-11-17(31-2)18(13-16)32-3)25-28-23(29)33-14-19(30)24-22-27-26-21(34-22)15-8-6-5-7-9-15/h4,10-11,13,15H,1,5-9,12,14H2,2-3H3,(H,24,27,30). The smallest absolute Gasteiger partial charge is 0.236 e. The van der Waals surface area contributed by atoms with Crippen LogP contribution in [0.1, 0.15) is 43.0 Å². The van der Waals surface area contributed by atoms with Gasteiger partial charge in [-0.05, 0) is 31.0 Å². The van der Waals surface area contributed by atoms with Gasteiger partial charge in [0.25, 0.3) is 0 Å². The molecule has 1 amide bonds. The number of amides is 1. The molecule has 1 aliphatic rings. The van der Waals surface area contributed by atoms with Crippen LogP contribution >= 0.6 is 23.1 Å². The number of hydrogen-bond acceptors (Lipinski definition) is 9. The molecule has 0 atom stereocenters. The van der Waals surface area contributed by atoms with Crippen molar-refractivity contribution in [1.29, 1.82) is 0 Å². The molecular weight excluding hydrogens is 472 g/mol. The topological polar surface area (TPSA) is 104 Å². The molecule has 1 fully saturated rings. The minimum Gasteiger partial charge on any atom is -0.493 e. The highest BCUT2D eigenvalue weighted by Crippen LogP contribution is 2.35. The van der Waals surface area contributed by atoms with Gasteiger partial charge in [-0.15, -0.1) is 27.0 Å². The second-order valence-corrected chi connectivity index (χ2v) is 9.84. The Morgan fingerprint density at radius 1 is 1.18 bits per heavy atom. The van der Waals surface area contributed by atoms with Crippen LogP contribution < -0.4 is 14.8 Å². The number of hydrogen-bond donors (Lipinski definition) is 1. The van der Waals surface area contributed by atoms with Crippen LogP contribution in [0.5, 0.6) is 11.5 Å². The number of allylic oxidation sites excluding steroid dienone is 1. The SMILES string of the molecule is C=CCn1c(SCC(=O)Nc2nnc(C3CCCCC3)s2)nnc1-c1ccc(OC)c(OC)c1. The zero-order valence-corrected chi connectivity index (χ0v) is 21.0. The zero-order chi connectivity index (χ0) is 23.9. The van der Waals surface area contributed by atoms with Crippen molar-refractivity contribution >= 4 is 34.1 Å². The third-order valence-corrected chi connectivity index (χ3v) is 7.61. The van der Waals surface area contributed by atoms with E-state index in [-0.39, 0.29) is 11.7 Å². The summed E-state index contributed by atoms with van der Waals surface area (Å²) >= 11 is 2.79. The van der Waals surface area contributed by atoms with Crippen LogP contribution in [0, 0.1) is 0 Å². The molecule has 2 heterocycles. The Labute approximate surface area is 207 Å². The van der Waals surface area contributed by atoms with E-state index in [1.54, 1.807) is 20.3 Å². The van der Waals surface area contributed by atoms with Crippen LogP contribution in [0.3, 0.4) is 0 Å². The predicted octanol–water partition coefficient (Wildman–Crippen LogP) is 4.78. The molecule has 1 aliphatic carbocycles. The Hall–Kier alpha value is -2.92. The third-order valence-electron chi connectivity index (χ3n) is 5.64. The van der Waals surface area contributed by atoms with Gasteiger partial charge in [-0.2, -0.15) is 0 Å². The lowest BCUT2D eigenvalue weighted by Crippen LogP contribution is -2.14. The Morgan fingerprint density at radius 2 is 1.97 bits per heavy atom. The molecule has 1 aromatic carbocycles. The van der Waals surface area contributed by atoms with Gasteiger partial charge in [-0.25, -0.2) is 0 Å². The Morgan fingerprint density at radius 3 is 2.71 bits per heavy atom. The average molecular weight is 501 g/mol. The molecule has 0 radical (unpaired) electrons. The summed E-state index contributed by atoms with van der Waals surface area (Å²) in [6.07, 6.45) is 7.84. The monoisotopic (exact) mass is 500 g/mol. The van der Waals surface area contributed by atoms with E-state index in [9.17, 15) is 4.79 Å². The number of thioether (sulfide) groups is 1. The number of aromatic nitrogens is 5. The summed E-state index contributed by atoms with van der Waals surface area (Å²) in [5, 5.41) is 22.2. The first-order valence-corrected chi connectivity index (χ1v) is 13.0. The van der Waals surface area contributed by atoms with Crippen LogP contribution in [-0.4, -0.2) is 50.8 Å². The van der Waals surface area contributed by atoms with E-state index in [0.29, 0.717) is 40.1 Å². The van der Waals surface area contributed by atoms with Crippen molar-refractivity contribution in [2.45, 2.75) is 49.7 Å². The lowest BCUT2D eigenvalue weighted by atomic mass is 9.90. The van der Waals surface area contributed by atoms with Gasteiger partial charge >= 0.3 is 0 Å². The maximum Gasteiger partial charge on any atom is 0.236 e. The van der Waals surface area contributed by atoms with Gasteiger partial charge in [0.2, 0.25) is 11.0 Å². The zero-order valence-electron chi connectivity index (χ0n) is 19.3. The summed E-state index contributed by atoms with van der Waals surface area (Å²) in [6, 6.07) is 5.57. The van der Waals surface area contributed by atoms with Crippen molar-refractivity contribution in [3.63, 3.8) is 0 Å². The lowest BCUT2D eigenvalue weighted by Gasteiger charge is -2.18. The minimum atomic E-state index is -0.155. The fraction of sp³-hybridized carbons (Fsp3) is 0.435. The van der Waals surface area contributed by atoms with E-state index >= 15 is 0 Å². The number of rotatable bonds is 10. The molecule has 34 heavy (non-hydrogen) atoms. The highest BCUT2D eigenvalue weighted by atomic mass is 32.2.